The van der Waals surface area contributed by atoms with Crippen LogP contribution in [0, 0.1) is 12.3 Å². The lowest BCUT2D eigenvalue weighted by Gasteiger charge is -2.41. The first-order valence-corrected chi connectivity index (χ1v) is 9.50. The highest BCUT2D eigenvalue weighted by atomic mass is 16.2. The number of hydrogen-bond donors (Lipinski definition) is 1. The maximum Gasteiger partial charge on any atom is 0.272 e. The number of aromatic nitrogens is 3. The summed E-state index contributed by atoms with van der Waals surface area (Å²) in [5.41, 5.74) is 2.00. The fourth-order valence-electron chi connectivity index (χ4n) is 4.54. The van der Waals surface area contributed by atoms with Crippen molar-refractivity contribution in [2.24, 2.45) is 5.41 Å². The summed E-state index contributed by atoms with van der Waals surface area (Å²) in [5.74, 6) is 0.311. The molecule has 2 aromatic rings. The Labute approximate surface area is 153 Å². The van der Waals surface area contributed by atoms with Gasteiger partial charge in [0, 0.05) is 43.5 Å². The van der Waals surface area contributed by atoms with Crippen molar-refractivity contribution in [1.82, 2.24) is 24.4 Å². The summed E-state index contributed by atoms with van der Waals surface area (Å²) >= 11 is 0. The number of carbonyl (C=O) groups is 1. The highest BCUT2D eigenvalue weighted by Crippen LogP contribution is 2.40. The second-order valence-corrected chi connectivity index (χ2v) is 8.16. The highest BCUT2D eigenvalue weighted by Gasteiger charge is 2.48. The van der Waals surface area contributed by atoms with Gasteiger partial charge in [-0.3, -0.25) is 19.6 Å². The van der Waals surface area contributed by atoms with Gasteiger partial charge in [-0.05, 0) is 46.6 Å². The lowest BCUT2D eigenvalue weighted by molar-refractivity contribution is -0.147. The Kier molecular flexibility index (Phi) is 4.14. The average molecular weight is 357 g/mol. The van der Waals surface area contributed by atoms with E-state index >= 15 is 0 Å². The summed E-state index contributed by atoms with van der Waals surface area (Å²) < 4.78 is 1.47. The van der Waals surface area contributed by atoms with Gasteiger partial charge in [-0.25, -0.2) is 9.50 Å². The summed E-state index contributed by atoms with van der Waals surface area (Å²) in [6.45, 7) is 9.23. The molecule has 1 unspecified atom stereocenters. The number of carbonyl (C=O) groups excluding carboxylic acids is 1. The molecule has 26 heavy (non-hydrogen) atoms. The molecule has 0 aromatic carbocycles. The van der Waals surface area contributed by atoms with Crippen LogP contribution in [0.3, 0.4) is 0 Å². The Morgan fingerprint density at radius 2 is 2.04 bits per heavy atom. The SMILES string of the molecule is Cc1cc2nc(CN3CCC4(CCCN(C(C)C)C4=O)C3)cc(=O)n2[nH]1. The predicted molar refractivity (Wildman–Crippen MR) is 99.0 cm³/mol. The number of piperidine rings is 1. The van der Waals surface area contributed by atoms with Crippen LogP contribution in [0.15, 0.2) is 16.9 Å². The van der Waals surface area contributed by atoms with Crippen LogP contribution in [0.5, 0.6) is 0 Å². The molecule has 2 aliphatic heterocycles. The third-order valence-corrected chi connectivity index (χ3v) is 5.84. The summed E-state index contributed by atoms with van der Waals surface area (Å²) in [5, 5.41) is 2.99. The number of aryl methyl sites for hydroxylation is 1. The zero-order chi connectivity index (χ0) is 18.5. The molecule has 140 valence electrons. The highest BCUT2D eigenvalue weighted by molar-refractivity contribution is 5.84. The van der Waals surface area contributed by atoms with Gasteiger partial charge in [-0.1, -0.05) is 0 Å². The van der Waals surface area contributed by atoms with E-state index in [2.05, 4.69) is 28.8 Å². The Morgan fingerprint density at radius 3 is 2.81 bits per heavy atom. The minimum absolute atomic E-state index is 0.0910. The maximum absolute atomic E-state index is 13.0. The first-order chi connectivity index (χ1) is 12.4. The van der Waals surface area contributed by atoms with Gasteiger partial charge in [0.25, 0.3) is 5.56 Å². The lowest BCUT2D eigenvalue weighted by Crippen LogP contribution is -2.52. The topological polar surface area (TPSA) is 73.7 Å². The standard InChI is InChI=1S/C19H27N5O2/c1-13(2)23-7-4-5-19(18(23)26)6-8-22(12-19)11-15-10-17(25)24-16(20-15)9-14(3)21-24/h9-10,13,21H,4-8,11-12H2,1-3H3. The van der Waals surface area contributed by atoms with E-state index in [1.165, 1.54) is 4.52 Å². The van der Waals surface area contributed by atoms with Crippen molar-refractivity contribution in [2.75, 3.05) is 19.6 Å². The third-order valence-electron chi connectivity index (χ3n) is 5.84. The number of aromatic amines is 1. The van der Waals surface area contributed by atoms with Gasteiger partial charge in [0.2, 0.25) is 5.91 Å². The van der Waals surface area contributed by atoms with E-state index in [4.69, 9.17) is 0 Å². The molecule has 7 nitrogen and oxygen atoms in total. The maximum atomic E-state index is 13.0. The van der Waals surface area contributed by atoms with Gasteiger partial charge >= 0.3 is 0 Å². The Hall–Kier alpha value is -2.15. The Balaban J connectivity index is 1.53. The molecule has 1 spiro atoms. The van der Waals surface area contributed by atoms with Crippen molar-refractivity contribution >= 4 is 11.6 Å². The van der Waals surface area contributed by atoms with Gasteiger partial charge in [0.05, 0.1) is 11.1 Å². The van der Waals surface area contributed by atoms with Crippen molar-refractivity contribution < 1.29 is 4.79 Å². The fraction of sp³-hybridized carbons (Fsp3) is 0.632. The molecule has 4 rings (SSSR count). The zero-order valence-electron chi connectivity index (χ0n) is 15.8. The number of nitrogens with zero attached hydrogens (tertiary/aromatic N) is 4. The van der Waals surface area contributed by atoms with Crippen LogP contribution in [0.25, 0.3) is 5.65 Å². The van der Waals surface area contributed by atoms with Crippen LogP contribution < -0.4 is 5.56 Å². The number of amides is 1. The van der Waals surface area contributed by atoms with Crippen molar-refractivity contribution in [3.8, 4) is 0 Å². The van der Waals surface area contributed by atoms with E-state index in [1.807, 2.05) is 17.9 Å². The molecule has 0 aliphatic carbocycles. The molecule has 1 amide bonds. The monoisotopic (exact) mass is 357 g/mol. The largest absolute Gasteiger partial charge is 0.340 e. The summed E-state index contributed by atoms with van der Waals surface area (Å²) in [7, 11) is 0. The van der Waals surface area contributed by atoms with Crippen LogP contribution >= 0.6 is 0 Å². The van der Waals surface area contributed by atoms with Crippen molar-refractivity contribution in [3.63, 3.8) is 0 Å². The van der Waals surface area contributed by atoms with E-state index in [0.29, 0.717) is 18.1 Å². The van der Waals surface area contributed by atoms with E-state index < -0.39 is 0 Å². The summed E-state index contributed by atoms with van der Waals surface area (Å²) in [6.07, 6.45) is 2.95. The first-order valence-electron chi connectivity index (χ1n) is 9.50. The first kappa shape index (κ1) is 17.3. The Bertz CT molecular complexity index is 899. The number of likely N-dealkylation sites (tertiary alicyclic amines) is 2. The predicted octanol–water partition coefficient (Wildman–Crippen LogP) is 1.55. The molecule has 2 aromatic heterocycles. The fourth-order valence-corrected chi connectivity index (χ4v) is 4.54. The minimum atomic E-state index is -0.244. The van der Waals surface area contributed by atoms with E-state index in [9.17, 15) is 9.59 Å². The lowest BCUT2D eigenvalue weighted by atomic mass is 9.78. The van der Waals surface area contributed by atoms with Gasteiger partial charge in [0.1, 0.15) is 0 Å². The van der Waals surface area contributed by atoms with Gasteiger partial charge in [-0.2, -0.15) is 0 Å². The van der Waals surface area contributed by atoms with Crippen molar-refractivity contribution in [2.45, 2.75) is 52.6 Å². The number of H-pyrrole nitrogens is 1. The molecule has 1 atom stereocenters. The third kappa shape index (κ3) is 2.84. The summed E-state index contributed by atoms with van der Waals surface area (Å²) in [6, 6.07) is 3.73. The molecule has 2 fully saturated rings. The molecular formula is C19H27N5O2. The van der Waals surface area contributed by atoms with Gasteiger partial charge in [0.15, 0.2) is 5.65 Å². The van der Waals surface area contributed by atoms with Crippen LogP contribution in [0.4, 0.5) is 0 Å². The molecule has 0 radical (unpaired) electrons. The molecule has 7 heteroatoms. The molecule has 2 aliphatic rings. The molecule has 1 N–H and O–H groups in total. The minimum Gasteiger partial charge on any atom is -0.340 e. The van der Waals surface area contributed by atoms with Gasteiger partial charge in [-0.15, -0.1) is 0 Å². The second-order valence-electron chi connectivity index (χ2n) is 8.16. The molecule has 2 saturated heterocycles. The number of fused-ring (bicyclic) bond motifs is 1. The normalized spacial score (nSPS) is 24.5. The van der Waals surface area contributed by atoms with Crippen LogP contribution in [-0.4, -0.2) is 56.0 Å². The van der Waals surface area contributed by atoms with Crippen LogP contribution in [-0.2, 0) is 11.3 Å². The van der Waals surface area contributed by atoms with Crippen molar-refractivity contribution in [3.05, 3.63) is 33.9 Å². The quantitative estimate of drug-likeness (QED) is 0.905. The number of nitrogens with one attached hydrogen (secondary N) is 1. The zero-order valence-corrected chi connectivity index (χ0v) is 15.8. The van der Waals surface area contributed by atoms with E-state index in [0.717, 1.165) is 50.3 Å². The summed E-state index contributed by atoms with van der Waals surface area (Å²) in [4.78, 5) is 34.2. The molecule has 4 heterocycles. The smallest absolute Gasteiger partial charge is 0.272 e. The van der Waals surface area contributed by atoms with E-state index in [1.54, 1.807) is 6.07 Å². The second kappa shape index (κ2) is 6.23. The number of hydrogen-bond acceptors (Lipinski definition) is 4. The van der Waals surface area contributed by atoms with Gasteiger partial charge < -0.3 is 4.90 Å². The van der Waals surface area contributed by atoms with Crippen LogP contribution in [0.1, 0.15) is 44.5 Å². The van der Waals surface area contributed by atoms with E-state index in [-0.39, 0.29) is 17.0 Å². The molecule has 0 bridgehead atoms. The average Bonchev–Trinajstić information content (AvgIpc) is 3.14. The molecule has 0 saturated carbocycles. The van der Waals surface area contributed by atoms with Crippen LogP contribution in [0.2, 0.25) is 0 Å². The number of rotatable bonds is 3. The Morgan fingerprint density at radius 1 is 1.23 bits per heavy atom. The van der Waals surface area contributed by atoms with Crippen molar-refractivity contribution in [1.29, 1.82) is 0 Å². The molecular weight excluding hydrogens is 330 g/mol.